The maximum atomic E-state index is 8.35. The van der Waals surface area contributed by atoms with Gasteiger partial charge in [0.2, 0.25) is 18.2 Å². The van der Waals surface area contributed by atoms with E-state index in [0.29, 0.717) is 0 Å². The van der Waals surface area contributed by atoms with E-state index in [0.717, 1.165) is 18.2 Å². The molecule has 0 fully saturated rings. The first-order valence-corrected chi connectivity index (χ1v) is 10.8. The zero-order valence-electron chi connectivity index (χ0n) is 18.2. The van der Waals surface area contributed by atoms with E-state index in [9.17, 15) is 0 Å². The fourth-order valence-corrected chi connectivity index (χ4v) is 2.80. The summed E-state index contributed by atoms with van der Waals surface area (Å²) in [5.74, 6) is 0. The number of isocyanates is 3. The zero-order valence-corrected chi connectivity index (χ0v) is 18.2. The second-order valence-corrected chi connectivity index (χ2v) is 6.61. The topological polar surface area (TPSA) is 123 Å². The van der Waals surface area contributed by atoms with Crippen molar-refractivity contribution in [2.75, 3.05) is 0 Å². The Balaban J connectivity index is -0.000000269. The summed E-state index contributed by atoms with van der Waals surface area (Å²) in [6, 6.07) is 0. The monoisotopic (exact) mass is 397 g/mol. The van der Waals surface area contributed by atoms with Crippen molar-refractivity contribution in [1.29, 1.82) is 16.2 Å². The van der Waals surface area contributed by atoms with Crippen molar-refractivity contribution in [3.05, 3.63) is 0 Å². The average molecular weight is 398 g/mol. The van der Waals surface area contributed by atoms with Crippen molar-refractivity contribution in [1.82, 2.24) is 0 Å². The number of nitrogens with one attached hydrogen (secondary N) is 3. The van der Waals surface area contributed by atoms with Crippen LogP contribution in [0.4, 0.5) is 0 Å². The van der Waals surface area contributed by atoms with Crippen molar-refractivity contribution < 1.29 is 14.4 Å². The first-order valence-electron chi connectivity index (χ1n) is 10.8. The molecule has 0 aromatic carbocycles. The van der Waals surface area contributed by atoms with E-state index >= 15 is 0 Å². The normalized spacial score (nSPS) is 8.36. The van der Waals surface area contributed by atoms with Gasteiger partial charge in [0, 0.05) is 0 Å². The summed E-state index contributed by atoms with van der Waals surface area (Å²) >= 11 is 0. The largest absolute Gasteiger partial charge is 0.231 e. The van der Waals surface area contributed by atoms with Gasteiger partial charge in [0.15, 0.2) is 0 Å². The van der Waals surface area contributed by atoms with Gasteiger partial charge in [0.1, 0.15) is 0 Å². The van der Waals surface area contributed by atoms with E-state index in [4.69, 9.17) is 30.6 Å². The van der Waals surface area contributed by atoms with Crippen LogP contribution in [0, 0.1) is 16.2 Å². The van der Waals surface area contributed by atoms with Crippen molar-refractivity contribution in [3.8, 4) is 0 Å². The summed E-state index contributed by atoms with van der Waals surface area (Å²) in [7, 11) is 0. The quantitative estimate of drug-likeness (QED) is 0.143. The molecule has 0 spiro atoms. The van der Waals surface area contributed by atoms with Gasteiger partial charge in [-0.3, -0.25) is 0 Å². The van der Waals surface area contributed by atoms with Gasteiger partial charge < -0.3 is 0 Å². The summed E-state index contributed by atoms with van der Waals surface area (Å²) in [5, 5.41) is 16.2. The number of rotatable bonds is 16. The van der Waals surface area contributed by atoms with Crippen molar-refractivity contribution >= 4 is 18.2 Å². The van der Waals surface area contributed by atoms with Crippen LogP contribution in [0.1, 0.15) is 123 Å². The molecule has 0 aromatic rings. The molecule has 0 atom stereocenters. The lowest BCUT2D eigenvalue weighted by Crippen LogP contribution is -1.83. The van der Waals surface area contributed by atoms with Gasteiger partial charge in [-0.05, 0) is 0 Å². The fraction of sp³-hybridized carbons (Fsp3) is 0.864. The van der Waals surface area contributed by atoms with E-state index in [1.165, 1.54) is 109 Å². The highest BCUT2D eigenvalue weighted by Gasteiger charge is 1.94. The Hall–Kier alpha value is -1.86. The first kappa shape index (κ1) is 33.7. The molecule has 3 N–H and O–H groups in total. The molecule has 0 saturated heterocycles. The standard InChI is InChI=1S/C19H40.3CHNO/c1-3-5-7-9-11-13-15-17-19-18-16-14-12-10-8-6-4-2;3*2-1-3/h3-19H2,1-2H3;3*2H. The number of hydrogen-bond acceptors (Lipinski definition) is 6. The van der Waals surface area contributed by atoms with Gasteiger partial charge in [-0.1, -0.05) is 123 Å². The van der Waals surface area contributed by atoms with Crippen LogP contribution in [0.2, 0.25) is 0 Å². The number of carbonyl (C=O) groups excluding carboxylic acids is 3. The minimum Gasteiger partial charge on any atom is -0.222 e. The van der Waals surface area contributed by atoms with Crippen LogP contribution in [0.5, 0.6) is 0 Å². The number of unbranched alkanes of at least 4 members (excludes halogenated alkanes) is 16. The summed E-state index contributed by atoms with van der Waals surface area (Å²) in [5.41, 5.74) is 0. The van der Waals surface area contributed by atoms with Crippen molar-refractivity contribution in [3.63, 3.8) is 0 Å². The van der Waals surface area contributed by atoms with Gasteiger partial charge in [-0.25, -0.2) is 30.6 Å². The summed E-state index contributed by atoms with van der Waals surface area (Å²) in [4.78, 5) is 25.0. The van der Waals surface area contributed by atoms with E-state index in [1.54, 1.807) is 0 Å². The molecule has 0 radical (unpaired) electrons. The molecular weight excluding hydrogens is 354 g/mol. The van der Waals surface area contributed by atoms with Crippen molar-refractivity contribution in [2.24, 2.45) is 0 Å². The highest BCUT2D eigenvalue weighted by Crippen LogP contribution is 2.13. The van der Waals surface area contributed by atoms with Crippen LogP contribution < -0.4 is 0 Å². The van der Waals surface area contributed by atoms with Gasteiger partial charge in [0.05, 0.1) is 0 Å². The van der Waals surface area contributed by atoms with E-state index < -0.39 is 0 Å². The van der Waals surface area contributed by atoms with Crippen LogP contribution in [-0.4, -0.2) is 18.2 Å². The molecule has 0 aliphatic rings. The highest BCUT2D eigenvalue weighted by atomic mass is 16.1. The zero-order chi connectivity index (χ0) is 22.1. The number of hydrogen-bond donors (Lipinski definition) is 3. The van der Waals surface area contributed by atoms with Crippen LogP contribution in [-0.2, 0) is 14.4 Å². The Morgan fingerprint density at radius 3 is 0.607 bits per heavy atom. The lowest BCUT2D eigenvalue weighted by atomic mass is 10.0. The SMILES string of the molecule is CCCCCCCCCCCCCCCCCCC.N=C=O.N=C=O.N=C=O. The molecule has 0 amide bonds. The predicted octanol–water partition coefficient (Wildman–Crippen LogP) is 7.36. The van der Waals surface area contributed by atoms with Crippen LogP contribution in [0.25, 0.3) is 0 Å². The van der Waals surface area contributed by atoms with Crippen LogP contribution in [0.15, 0.2) is 0 Å². The minimum atomic E-state index is 0.750. The Labute approximate surface area is 172 Å². The maximum Gasteiger partial charge on any atom is 0.231 e. The molecule has 0 rings (SSSR count). The van der Waals surface area contributed by atoms with Gasteiger partial charge >= 0.3 is 0 Å². The van der Waals surface area contributed by atoms with Crippen molar-refractivity contribution in [2.45, 2.75) is 123 Å². The molecular formula is C22H43N3O3. The molecule has 0 bridgehead atoms. The molecule has 6 heteroatoms. The lowest BCUT2D eigenvalue weighted by Gasteiger charge is -2.03. The lowest BCUT2D eigenvalue weighted by molar-refractivity contribution is 0.529. The summed E-state index contributed by atoms with van der Waals surface area (Å²) < 4.78 is 0. The highest BCUT2D eigenvalue weighted by molar-refractivity contribution is 5.26. The Bertz CT molecular complexity index is 312. The van der Waals surface area contributed by atoms with E-state index in [1.807, 2.05) is 0 Å². The molecule has 0 unspecified atom stereocenters. The summed E-state index contributed by atoms with van der Waals surface area (Å²) in [6.07, 6.45) is 27.2. The molecule has 0 aromatic heterocycles. The van der Waals surface area contributed by atoms with E-state index in [-0.39, 0.29) is 0 Å². The summed E-state index contributed by atoms with van der Waals surface area (Å²) in [6.45, 7) is 4.59. The second kappa shape index (κ2) is 44.5. The predicted molar refractivity (Wildman–Crippen MR) is 115 cm³/mol. The Morgan fingerprint density at radius 1 is 0.393 bits per heavy atom. The third-order valence-electron chi connectivity index (χ3n) is 4.21. The van der Waals surface area contributed by atoms with Gasteiger partial charge in [0.25, 0.3) is 0 Å². The van der Waals surface area contributed by atoms with Gasteiger partial charge in [-0.15, -0.1) is 0 Å². The van der Waals surface area contributed by atoms with Gasteiger partial charge in [-0.2, -0.15) is 0 Å². The molecule has 6 nitrogen and oxygen atoms in total. The maximum absolute atomic E-state index is 8.35. The average Bonchev–Trinajstić information content (AvgIpc) is 2.67. The molecule has 0 aliphatic carbocycles. The van der Waals surface area contributed by atoms with Crippen LogP contribution >= 0.6 is 0 Å². The third-order valence-corrected chi connectivity index (χ3v) is 4.21. The minimum absolute atomic E-state index is 0.750. The molecule has 0 saturated carbocycles. The Morgan fingerprint density at radius 2 is 0.500 bits per heavy atom. The molecule has 0 heterocycles. The second-order valence-electron chi connectivity index (χ2n) is 6.61. The molecule has 28 heavy (non-hydrogen) atoms. The smallest absolute Gasteiger partial charge is 0.222 e. The Kier molecular flexibility index (Phi) is 53.6. The third kappa shape index (κ3) is 64.6. The van der Waals surface area contributed by atoms with Crippen LogP contribution in [0.3, 0.4) is 0 Å². The molecule has 164 valence electrons. The fourth-order valence-electron chi connectivity index (χ4n) is 2.80. The van der Waals surface area contributed by atoms with E-state index in [2.05, 4.69) is 13.8 Å². The first-order chi connectivity index (χ1) is 13.7. The molecule has 0 aliphatic heterocycles.